The minimum absolute atomic E-state index is 0.263. The van der Waals surface area contributed by atoms with Crippen molar-refractivity contribution in [3.63, 3.8) is 0 Å². The molecule has 3 nitrogen and oxygen atoms in total. The number of rotatable bonds is 4. The molecule has 1 aliphatic heterocycles. The Kier molecular flexibility index (Phi) is 4.65. The number of aromatic nitrogens is 1. The molecular formula is C12H16BrClN2O. The van der Waals surface area contributed by atoms with Gasteiger partial charge in [-0.2, -0.15) is 0 Å². The van der Waals surface area contributed by atoms with E-state index in [4.69, 9.17) is 16.7 Å². The summed E-state index contributed by atoms with van der Waals surface area (Å²) in [6, 6.07) is 2.37. The molecule has 2 rings (SSSR count). The van der Waals surface area contributed by atoms with Gasteiger partial charge in [-0.05, 0) is 47.7 Å². The van der Waals surface area contributed by atoms with Crippen molar-refractivity contribution < 1.29 is 5.11 Å². The highest BCUT2D eigenvalue weighted by atomic mass is 79.9. The lowest BCUT2D eigenvalue weighted by Gasteiger charge is -2.26. The third-order valence-corrected chi connectivity index (χ3v) is 3.92. The van der Waals surface area contributed by atoms with Crippen molar-refractivity contribution in [3.8, 4) is 0 Å². The monoisotopic (exact) mass is 318 g/mol. The van der Waals surface area contributed by atoms with Gasteiger partial charge in [-0.1, -0.05) is 11.6 Å². The van der Waals surface area contributed by atoms with Crippen molar-refractivity contribution in [1.82, 2.24) is 4.98 Å². The fraction of sp³-hybridized carbons (Fsp3) is 0.583. The molecule has 1 saturated heterocycles. The number of nitrogens with zero attached hydrogens (tertiary/aromatic N) is 2. The number of hydrogen-bond donors (Lipinski definition) is 1. The Morgan fingerprint density at radius 2 is 2.41 bits per heavy atom. The predicted molar refractivity (Wildman–Crippen MR) is 73.6 cm³/mol. The van der Waals surface area contributed by atoms with Crippen LogP contribution in [0.3, 0.4) is 0 Å². The third kappa shape index (κ3) is 3.12. The summed E-state index contributed by atoms with van der Waals surface area (Å²) in [5, 5.41) is 9.56. The number of hydrogen-bond acceptors (Lipinski definition) is 3. The molecule has 0 radical (unpaired) electrons. The lowest BCUT2D eigenvalue weighted by Crippen LogP contribution is -2.30. The number of halogens is 2. The van der Waals surface area contributed by atoms with Gasteiger partial charge in [0.1, 0.15) is 5.82 Å². The van der Waals surface area contributed by atoms with Gasteiger partial charge in [-0.25, -0.2) is 4.98 Å². The fourth-order valence-electron chi connectivity index (χ4n) is 2.36. The van der Waals surface area contributed by atoms with E-state index in [1.165, 1.54) is 12.8 Å². The first-order valence-electron chi connectivity index (χ1n) is 5.91. The molecule has 1 aromatic heterocycles. The van der Waals surface area contributed by atoms with Crippen molar-refractivity contribution >= 4 is 33.3 Å². The number of aliphatic hydroxyl groups is 1. The Balaban J connectivity index is 2.14. The maximum Gasteiger partial charge on any atom is 0.143 e. The summed E-state index contributed by atoms with van der Waals surface area (Å²) in [4.78, 5) is 6.72. The molecule has 17 heavy (non-hydrogen) atoms. The maximum absolute atomic E-state index is 8.91. The number of pyridine rings is 1. The molecule has 0 aliphatic carbocycles. The second kappa shape index (κ2) is 6.03. The zero-order chi connectivity index (χ0) is 12.3. The topological polar surface area (TPSA) is 36.4 Å². The minimum atomic E-state index is 0.263. The van der Waals surface area contributed by atoms with E-state index in [0.29, 0.717) is 11.1 Å². The van der Waals surface area contributed by atoms with Crippen molar-refractivity contribution in [3.05, 3.63) is 21.8 Å². The fourth-order valence-corrected chi connectivity index (χ4v) is 3.23. The zero-order valence-electron chi connectivity index (χ0n) is 9.57. The van der Waals surface area contributed by atoms with Crippen LogP contribution in [0.15, 0.2) is 16.7 Å². The molecule has 1 aromatic rings. The van der Waals surface area contributed by atoms with Crippen LogP contribution in [-0.4, -0.2) is 29.3 Å². The Morgan fingerprint density at radius 1 is 1.59 bits per heavy atom. The van der Waals surface area contributed by atoms with E-state index < -0.39 is 0 Å². The average molecular weight is 320 g/mol. The number of aliphatic hydroxyl groups excluding tert-OH is 1. The van der Waals surface area contributed by atoms with Crippen LogP contribution >= 0.6 is 27.5 Å². The van der Waals surface area contributed by atoms with Crippen LogP contribution in [0.4, 0.5) is 5.82 Å². The molecule has 2 heterocycles. The van der Waals surface area contributed by atoms with Gasteiger partial charge < -0.3 is 10.0 Å². The molecule has 1 aliphatic rings. The van der Waals surface area contributed by atoms with E-state index in [-0.39, 0.29) is 6.61 Å². The van der Waals surface area contributed by atoms with E-state index in [0.717, 1.165) is 29.7 Å². The van der Waals surface area contributed by atoms with Crippen LogP contribution in [0.5, 0.6) is 0 Å². The Hall–Kier alpha value is -0.320. The van der Waals surface area contributed by atoms with Crippen LogP contribution < -0.4 is 4.90 Å². The van der Waals surface area contributed by atoms with Crippen molar-refractivity contribution in [2.75, 3.05) is 18.1 Å². The first kappa shape index (κ1) is 13.1. The first-order chi connectivity index (χ1) is 8.22. The maximum atomic E-state index is 8.91. The molecule has 1 fully saturated rings. The quantitative estimate of drug-likeness (QED) is 0.925. The molecule has 0 amide bonds. The van der Waals surface area contributed by atoms with Gasteiger partial charge >= 0.3 is 0 Å². The van der Waals surface area contributed by atoms with E-state index in [1.54, 1.807) is 6.20 Å². The van der Waals surface area contributed by atoms with Crippen LogP contribution in [0.25, 0.3) is 0 Å². The predicted octanol–water partition coefficient (Wildman–Crippen LogP) is 3.24. The summed E-state index contributed by atoms with van der Waals surface area (Å²) in [5.41, 5.74) is 0. The third-order valence-electron chi connectivity index (χ3n) is 3.13. The van der Waals surface area contributed by atoms with Gasteiger partial charge in [-0.15, -0.1) is 0 Å². The molecule has 1 N–H and O–H groups in total. The molecule has 0 saturated carbocycles. The van der Waals surface area contributed by atoms with Gasteiger partial charge in [0.15, 0.2) is 0 Å². The lowest BCUT2D eigenvalue weighted by molar-refractivity contribution is 0.279. The van der Waals surface area contributed by atoms with E-state index in [2.05, 4.69) is 25.8 Å². The van der Waals surface area contributed by atoms with E-state index in [1.807, 2.05) is 6.07 Å². The summed E-state index contributed by atoms with van der Waals surface area (Å²) in [5.74, 6) is 0.967. The van der Waals surface area contributed by atoms with Crippen LogP contribution in [0.1, 0.15) is 25.7 Å². The highest BCUT2D eigenvalue weighted by molar-refractivity contribution is 9.10. The Morgan fingerprint density at radius 3 is 3.12 bits per heavy atom. The van der Waals surface area contributed by atoms with Gasteiger partial charge in [0, 0.05) is 25.4 Å². The van der Waals surface area contributed by atoms with E-state index in [9.17, 15) is 0 Å². The molecule has 0 aromatic carbocycles. The summed E-state index contributed by atoms with van der Waals surface area (Å²) < 4.78 is 0.945. The Labute approximate surface area is 115 Å². The second-order valence-electron chi connectivity index (χ2n) is 4.31. The van der Waals surface area contributed by atoms with Gasteiger partial charge in [-0.3, -0.25) is 0 Å². The molecule has 0 bridgehead atoms. The van der Waals surface area contributed by atoms with Gasteiger partial charge in [0.25, 0.3) is 0 Å². The molecule has 94 valence electrons. The van der Waals surface area contributed by atoms with Crippen molar-refractivity contribution in [2.45, 2.75) is 31.7 Å². The summed E-state index contributed by atoms with van der Waals surface area (Å²) in [7, 11) is 0. The number of anilines is 1. The molecule has 0 spiro atoms. The Bertz CT molecular complexity index is 389. The van der Waals surface area contributed by atoms with Gasteiger partial charge in [0.2, 0.25) is 0 Å². The van der Waals surface area contributed by atoms with Gasteiger partial charge in [0.05, 0.1) is 9.50 Å². The molecule has 5 heteroatoms. The largest absolute Gasteiger partial charge is 0.396 e. The second-order valence-corrected chi connectivity index (χ2v) is 5.61. The normalized spacial score (nSPS) is 19.9. The SMILES string of the molecule is OCCCC1CCCN1c1ncc(Cl)cc1Br. The first-order valence-corrected chi connectivity index (χ1v) is 7.08. The smallest absolute Gasteiger partial charge is 0.143 e. The summed E-state index contributed by atoms with van der Waals surface area (Å²) in [6.07, 6.45) is 5.92. The molecule has 1 atom stereocenters. The lowest BCUT2D eigenvalue weighted by atomic mass is 10.1. The van der Waals surface area contributed by atoms with Crippen LogP contribution in [0, 0.1) is 0 Å². The van der Waals surface area contributed by atoms with E-state index >= 15 is 0 Å². The summed E-state index contributed by atoms with van der Waals surface area (Å²) in [6.45, 7) is 1.29. The summed E-state index contributed by atoms with van der Waals surface area (Å²) >= 11 is 9.41. The highest BCUT2D eigenvalue weighted by Gasteiger charge is 2.26. The molecular weight excluding hydrogens is 304 g/mol. The molecule has 1 unspecified atom stereocenters. The van der Waals surface area contributed by atoms with Crippen LogP contribution in [-0.2, 0) is 0 Å². The van der Waals surface area contributed by atoms with Crippen molar-refractivity contribution in [2.24, 2.45) is 0 Å². The van der Waals surface area contributed by atoms with Crippen LogP contribution in [0.2, 0.25) is 5.02 Å². The van der Waals surface area contributed by atoms with Crippen molar-refractivity contribution in [1.29, 1.82) is 0 Å². The minimum Gasteiger partial charge on any atom is -0.396 e. The highest BCUT2D eigenvalue weighted by Crippen LogP contribution is 2.33. The average Bonchev–Trinajstić information content (AvgIpc) is 2.74. The zero-order valence-corrected chi connectivity index (χ0v) is 11.9. The standard InChI is InChI=1S/C12H16BrClN2O/c13-11-7-9(14)8-15-12(11)16-5-1-3-10(16)4-2-6-17/h7-8,10,17H,1-6H2.